The predicted octanol–water partition coefficient (Wildman–Crippen LogP) is 3.10. The molecule has 2 aromatic rings. The van der Waals surface area contributed by atoms with Gasteiger partial charge < -0.3 is 10.6 Å². The minimum Gasteiger partial charge on any atom is -0.368 e. The Hall–Kier alpha value is -2.32. The van der Waals surface area contributed by atoms with Crippen molar-refractivity contribution < 1.29 is 18.0 Å². The quantitative estimate of drug-likeness (QED) is 0.859. The summed E-state index contributed by atoms with van der Waals surface area (Å²) in [6.07, 6.45) is -3.57. The molecular weight excluding hydrogens is 381 g/mol. The molecule has 1 aromatic carbocycles. The zero-order valence-corrected chi connectivity index (χ0v) is 15.0. The van der Waals surface area contributed by atoms with Crippen LogP contribution in [0.3, 0.4) is 0 Å². The van der Waals surface area contributed by atoms with Crippen LogP contribution in [0.4, 0.5) is 19.0 Å². The van der Waals surface area contributed by atoms with Crippen LogP contribution in [-0.4, -0.2) is 42.0 Å². The standard InChI is InChI=1S/C18H18ClF3N4O/c19-14-4-1-12(2-5-14)16(17(23)27)26-9-7-25(8-10-26)15-6-3-13(11-24-15)18(20,21)22/h1-6,11,16H,7-10H2,(H2,23,27). The van der Waals surface area contributed by atoms with Crippen molar-refractivity contribution in [2.24, 2.45) is 5.73 Å². The van der Waals surface area contributed by atoms with Crippen molar-refractivity contribution in [1.82, 2.24) is 9.88 Å². The van der Waals surface area contributed by atoms with Crippen molar-refractivity contribution in [1.29, 1.82) is 0 Å². The van der Waals surface area contributed by atoms with Crippen LogP contribution in [0.2, 0.25) is 5.02 Å². The second-order valence-corrected chi connectivity index (χ2v) is 6.72. The maximum absolute atomic E-state index is 12.7. The second kappa shape index (κ2) is 7.74. The van der Waals surface area contributed by atoms with E-state index < -0.39 is 23.7 Å². The summed E-state index contributed by atoms with van der Waals surface area (Å²) in [6.45, 7) is 2.10. The molecule has 0 spiro atoms. The van der Waals surface area contributed by atoms with Crippen molar-refractivity contribution >= 4 is 23.3 Å². The first kappa shape index (κ1) is 19.4. The van der Waals surface area contributed by atoms with Gasteiger partial charge in [-0.2, -0.15) is 13.2 Å². The van der Waals surface area contributed by atoms with Gasteiger partial charge in [0, 0.05) is 37.4 Å². The van der Waals surface area contributed by atoms with Gasteiger partial charge in [0.25, 0.3) is 0 Å². The van der Waals surface area contributed by atoms with Crippen LogP contribution < -0.4 is 10.6 Å². The summed E-state index contributed by atoms with van der Waals surface area (Å²) in [5, 5.41) is 0.570. The monoisotopic (exact) mass is 398 g/mol. The number of amides is 1. The largest absolute Gasteiger partial charge is 0.417 e. The van der Waals surface area contributed by atoms with Crippen molar-refractivity contribution in [2.45, 2.75) is 12.2 Å². The van der Waals surface area contributed by atoms with Crippen LogP contribution in [0.5, 0.6) is 0 Å². The number of piperazine rings is 1. The van der Waals surface area contributed by atoms with Crippen LogP contribution in [0.25, 0.3) is 0 Å². The third-order valence-electron chi connectivity index (χ3n) is 4.53. The smallest absolute Gasteiger partial charge is 0.368 e. The fourth-order valence-electron chi connectivity index (χ4n) is 3.15. The van der Waals surface area contributed by atoms with E-state index in [1.54, 1.807) is 24.3 Å². The van der Waals surface area contributed by atoms with Crippen molar-refractivity contribution in [3.63, 3.8) is 0 Å². The highest BCUT2D eigenvalue weighted by Crippen LogP contribution is 2.30. The van der Waals surface area contributed by atoms with E-state index in [9.17, 15) is 18.0 Å². The van der Waals surface area contributed by atoms with Gasteiger partial charge in [-0.25, -0.2) is 4.98 Å². The number of nitrogens with two attached hydrogens (primary N) is 1. The van der Waals surface area contributed by atoms with Crippen molar-refractivity contribution in [3.05, 3.63) is 58.7 Å². The third kappa shape index (κ3) is 4.51. The van der Waals surface area contributed by atoms with Gasteiger partial charge >= 0.3 is 6.18 Å². The number of nitrogens with zero attached hydrogens (tertiary/aromatic N) is 3. The Balaban J connectivity index is 1.68. The minimum atomic E-state index is -4.41. The highest BCUT2D eigenvalue weighted by atomic mass is 35.5. The maximum Gasteiger partial charge on any atom is 0.417 e. The second-order valence-electron chi connectivity index (χ2n) is 6.28. The predicted molar refractivity (Wildman–Crippen MR) is 96.4 cm³/mol. The fourth-order valence-corrected chi connectivity index (χ4v) is 3.28. The van der Waals surface area contributed by atoms with Gasteiger partial charge in [0.15, 0.2) is 0 Å². The molecule has 2 N–H and O–H groups in total. The number of aromatic nitrogens is 1. The van der Waals surface area contributed by atoms with Gasteiger partial charge in [-0.1, -0.05) is 23.7 Å². The minimum absolute atomic E-state index is 0.460. The lowest BCUT2D eigenvalue weighted by Crippen LogP contribution is -2.50. The van der Waals surface area contributed by atoms with Crippen LogP contribution >= 0.6 is 11.6 Å². The number of anilines is 1. The molecule has 1 aliphatic heterocycles. The number of rotatable bonds is 4. The van der Waals surface area contributed by atoms with E-state index in [-0.39, 0.29) is 0 Å². The Morgan fingerprint density at radius 3 is 2.19 bits per heavy atom. The number of alkyl halides is 3. The molecule has 1 fully saturated rings. The van der Waals surface area contributed by atoms with Gasteiger partial charge in [-0.3, -0.25) is 9.69 Å². The zero-order valence-electron chi connectivity index (χ0n) is 14.3. The maximum atomic E-state index is 12.7. The van der Waals surface area contributed by atoms with Crippen molar-refractivity contribution in [2.75, 3.05) is 31.1 Å². The molecule has 5 nitrogen and oxygen atoms in total. The first-order valence-electron chi connectivity index (χ1n) is 8.33. The summed E-state index contributed by atoms with van der Waals surface area (Å²) >= 11 is 5.89. The van der Waals surface area contributed by atoms with Gasteiger partial charge in [-0.15, -0.1) is 0 Å². The van der Waals surface area contributed by atoms with Crippen molar-refractivity contribution in [3.8, 4) is 0 Å². The molecule has 1 saturated heterocycles. The van der Waals surface area contributed by atoms with E-state index in [2.05, 4.69) is 4.98 Å². The van der Waals surface area contributed by atoms with Gasteiger partial charge in [0.1, 0.15) is 11.9 Å². The van der Waals surface area contributed by atoms with E-state index in [1.807, 2.05) is 9.80 Å². The van der Waals surface area contributed by atoms with E-state index >= 15 is 0 Å². The lowest BCUT2D eigenvalue weighted by molar-refractivity contribution is -0.137. The molecule has 2 heterocycles. The highest BCUT2D eigenvalue weighted by Gasteiger charge is 2.32. The normalized spacial score (nSPS) is 17.0. The Labute approximate surface area is 159 Å². The molecule has 0 aliphatic carbocycles. The zero-order chi connectivity index (χ0) is 19.6. The molecule has 0 saturated carbocycles. The summed E-state index contributed by atoms with van der Waals surface area (Å²) in [5.74, 6) is 0.0168. The summed E-state index contributed by atoms with van der Waals surface area (Å²) in [6, 6.07) is 8.75. The van der Waals surface area contributed by atoms with Gasteiger partial charge in [0.2, 0.25) is 5.91 Å². The summed E-state index contributed by atoms with van der Waals surface area (Å²) < 4.78 is 38.0. The van der Waals surface area contributed by atoms with Crippen LogP contribution in [0.1, 0.15) is 17.2 Å². The molecule has 27 heavy (non-hydrogen) atoms. The van der Waals surface area contributed by atoms with Gasteiger partial charge in [0.05, 0.1) is 5.56 Å². The van der Waals surface area contributed by atoms with Crippen LogP contribution in [0, 0.1) is 0 Å². The molecule has 1 aromatic heterocycles. The van der Waals surface area contributed by atoms with Crippen LogP contribution in [0.15, 0.2) is 42.6 Å². The summed E-state index contributed by atoms with van der Waals surface area (Å²) in [5.41, 5.74) is 5.58. The molecule has 1 aliphatic rings. The Morgan fingerprint density at radius 2 is 1.70 bits per heavy atom. The topological polar surface area (TPSA) is 62.5 Å². The first-order valence-corrected chi connectivity index (χ1v) is 8.70. The number of carbonyl (C=O) groups is 1. The molecule has 0 bridgehead atoms. The molecule has 0 radical (unpaired) electrons. The number of primary amides is 1. The number of carbonyl (C=O) groups excluding carboxylic acids is 1. The fraction of sp³-hybridized carbons (Fsp3) is 0.333. The molecule has 1 atom stereocenters. The Bertz CT molecular complexity index is 788. The lowest BCUT2D eigenvalue weighted by atomic mass is 10.0. The number of halogens is 4. The molecule has 9 heteroatoms. The first-order chi connectivity index (χ1) is 12.8. The average Bonchev–Trinajstić information content (AvgIpc) is 2.63. The van der Waals surface area contributed by atoms with E-state index in [1.165, 1.54) is 6.07 Å². The lowest BCUT2D eigenvalue weighted by Gasteiger charge is -2.38. The Morgan fingerprint density at radius 1 is 1.07 bits per heavy atom. The molecule has 1 unspecified atom stereocenters. The molecule has 144 valence electrons. The third-order valence-corrected chi connectivity index (χ3v) is 4.79. The number of hydrogen-bond donors (Lipinski definition) is 1. The highest BCUT2D eigenvalue weighted by molar-refractivity contribution is 6.30. The van der Waals surface area contributed by atoms with E-state index in [0.29, 0.717) is 37.0 Å². The van der Waals surface area contributed by atoms with E-state index in [0.717, 1.165) is 17.8 Å². The van der Waals surface area contributed by atoms with Crippen LogP contribution in [-0.2, 0) is 11.0 Å². The molecule has 3 rings (SSSR count). The SMILES string of the molecule is NC(=O)C(c1ccc(Cl)cc1)N1CCN(c2ccc(C(F)(F)F)cn2)CC1. The number of hydrogen-bond acceptors (Lipinski definition) is 4. The summed E-state index contributed by atoms with van der Waals surface area (Å²) in [4.78, 5) is 19.7. The molecule has 1 amide bonds. The van der Waals surface area contributed by atoms with E-state index in [4.69, 9.17) is 17.3 Å². The molecular formula is C18H18ClF3N4O. The Kier molecular flexibility index (Phi) is 5.57. The average molecular weight is 399 g/mol. The summed E-state index contributed by atoms with van der Waals surface area (Å²) in [7, 11) is 0. The number of pyridine rings is 1. The number of benzene rings is 1. The van der Waals surface area contributed by atoms with Gasteiger partial charge in [-0.05, 0) is 29.8 Å².